The second-order valence-corrected chi connectivity index (χ2v) is 4.98. The standard InChI is InChI=1S/C13H25NO4/c1-13(12(15)16)6-3-4-7-14(13)8-5-9-18-11-10-17-2/h3-11H2,1-2H3,(H,15,16). The van der Waals surface area contributed by atoms with Gasteiger partial charge in [-0.3, -0.25) is 9.69 Å². The summed E-state index contributed by atoms with van der Waals surface area (Å²) in [5.74, 6) is -0.706. The van der Waals surface area contributed by atoms with E-state index in [1.54, 1.807) is 7.11 Å². The fourth-order valence-corrected chi connectivity index (χ4v) is 2.38. The van der Waals surface area contributed by atoms with Crippen LogP contribution in [-0.2, 0) is 14.3 Å². The number of carbonyl (C=O) groups is 1. The molecule has 0 aromatic rings. The molecular formula is C13H25NO4. The number of likely N-dealkylation sites (tertiary alicyclic amines) is 1. The SMILES string of the molecule is COCCOCCCN1CCCCC1(C)C(=O)O. The molecule has 18 heavy (non-hydrogen) atoms. The van der Waals surface area contributed by atoms with E-state index in [4.69, 9.17) is 9.47 Å². The summed E-state index contributed by atoms with van der Waals surface area (Å²) in [5, 5.41) is 9.35. The molecule has 1 saturated heterocycles. The van der Waals surface area contributed by atoms with E-state index in [0.29, 0.717) is 19.8 Å². The second kappa shape index (κ2) is 7.71. The van der Waals surface area contributed by atoms with E-state index >= 15 is 0 Å². The second-order valence-electron chi connectivity index (χ2n) is 4.98. The Labute approximate surface area is 109 Å². The van der Waals surface area contributed by atoms with E-state index in [9.17, 15) is 9.90 Å². The number of carboxylic acid groups (broad SMARTS) is 1. The summed E-state index contributed by atoms with van der Waals surface area (Å²) >= 11 is 0. The highest BCUT2D eigenvalue weighted by Crippen LogP contribution is 2.28. The van der Waals surface area contributed by atoms with Crippen LogP contribution in [0.5, 0.6) is 0 Å². The number of carboxylic acids is 1. The van der Waals surface area contributed by atoms with Crippen molar-refractivity contribution in [2.24, 2.45) is 0 Å². The van der Waals surface area contributed by atoms with Crippen molar-refractivity contribution in [3.8, 4) is 0 Å². The van der Waals surface area contributed by atoms with E-state index < -0.39 is 11.5 Å². The summed E-state index contributed by atoms with van der Waals surface area (Å²) in [4.78, 5) is 13.5. The summed E-state index contributed by atoms with van der Waals surface area (Å²) in [6, 6.07) is 0. The number of hydrogen-bond acceptors (Lipinski definition) is 4. The number of ether oxygens (including phenoxy) is 2. The quantitative estimate of drug-likeness (QED) is 0.667. The maximum atomic E-state index is 11.4. The van der Waals surface area contributed by atoms with Crippen LogP contribution in [0.15, 0.2) is 0 Å². The molecule has 1 aliphatic heterocycles. The average molecular weight is 259 g/mol. The molecular weight excluding hydrogens is 234 g/mol. The first-order valence-corrected chi connectivity index (χ1v) is 6.66. The monoisotopic (exact) mass is 259 g/mol. The Morgan fingerprint density at radius 1 is 1.33 bits per heavy atom. The fraction of sp³-hybridized carbons (Fsp3) is 0.923. The minimum Gasteiger partial charge on any atom is -0.480 e. The summed E-state index contributed by atoms with van der Waals surface area (Å²) in [6.45, 7) is 5.37. The van der Waals surface area contributed by atoms with Crippen molar-refractivity contribution in [1.29, 1.82) is 0 Å². The lowest BCUT2D eigenvalue weighted by molar-refractivity contribution is -0.153. The lowest BCUT2D eigenvalue weighted by Crippen LogP contribution is -2.55. The Morgan fingerprint density at radius 2 is 2.11 bits per heavy atom. The third kappa shape index (κ3) is 4.23. The van der Waals surface area contributed by atoms with Crippen LogP contribution < -0.4 is 0 Å². The van der Waals surface area contributed by atoms with E-state index in [-0.39, 0.29) is 0 Å². The minimum atomic E-state index is -0.706. The number of methoxy groups -OCH3 is 1. The Bertz CT molecular complexity index is 259. The largest absolute Gasteiger partial charge is 0.480 e. The highest BCUT2D eigenvalue weighted by molar-refractivity contribution is 5.78. The molecule has 0 saturated carbocycles. The summed E-state index contributed by atoms with van der Waals surface area (Å²) in [6.07, 6.45) is 3.70. The van der Waals surface area contributed by atoms with Crippen molar-refractivity contribution in [2.45, 2.75) is 38.1 Å². The zero-order valence-electron chi connectivity index (χ0n) is 11.5. The molecule has 1 heterocycles. The van der Waals surface area contributed by atoms with Crippen LogP contribution in [-0.4, -0.2) is 61.5 Å². The minimum absolute atomic E-state index is 0.604. The Kier molecular flexibility index (Phi) is 6.60. The molecule has 0 amide bonds. The Hall–Kier alpha value is -0.650. The molecule has 0 aromatic heterocycles. The maximum Gasteiger partial charge on any atom is 0.323 e. The van der Waals surface area contributed by atoms with Gasteiger partial charge >= 0.3 is 5.97 Å². The molecule has 5 heteroatoms. The molecule has 106 valence electrons. The molecule has 0 spiro atoms. The van der Waals surface area contributed by atoms with E-state index in [1.807, 2.05) is 6.92 Å². The summed E-state index contributed by atoms with van der Waals surface area (Å²) < 4.78 is 10.3. The van der Waals surface area contributed by atoms with Gasteiger partial charge in [0.1, 0.15) is 5.54 Å². The van der Waals surface area contributed by atoms with Gasteiger partial charge in [0.2, 0.25) is 0 Å². The van der Waals surface area contributed by atoms with Crippen LogP contribution in [0.2, 0.25) is 0 Å². The van der Waals surface area contributed by atoms with Crippen LogP contribution in [0.1, 0.15) is 32.6 Å². The normalized spacial score (nSPS) is 25.2. The fourth-order valence-electron chi connectivity index (χ4n) is 2.38. The molecule has 1 fully saturated rings. The third-order valence-corrected chi connectivity index (χ3v) is 3.65. The van der Waals surface area contributed by atoms with Crippen LogP contribution in [0.3, 0.4) is 0 Å². The van der Waals surface area contributed by atoms with Gasteiger partial charge in [-0.15, -0.1) is 0 Å². The number of nitrogens with zero attached hydrogens (tertiary/aromatic N) is 1. The molecule has 1 atom stereocenters. The van der Waals surface area contributed by atoms with Crippen LogP contribution in [0.25, 0.3) is 0 Å². The van der Waals surface area contributed by atoms with Crippen LogP contribution in [0, 0.1) is 0 Å². The number of rotatable bonds is 8. The number of piperidine rings is 1. The zero-order valence-corrected chi connectivity index (χ0v) is 11.5. The first kappa shape index (κ1) is 15.4. The molecule has 1 N–H and O–H groups in total. The topological polar surface area (TPSA) is 59.0 Å². The first-order chi connectivity index (χ1) is 8.61. The molecule has 1 aliphatic rings. The van der Waals surface area contributed by atoms with Crippen molar-refractivity contribution in [3.05, 3.63) is 0 Å². The highest BCUT2D eigenvalue weighted by atomic mass is 16.5. The van der Waals surface area contributed by atoms with Crippen molar-refractivity contribution in [3.63, 3.8) is 0 Å². The predicted molar refractivity (Wildman–Crippen MR) is 68.8 cm³/mol. The molecule has 1 unspecified atom stereocenters. The lowest BCUT2D eigenvalue weighted by atomic mass is 9.88. The van der Waals surface area contributed by atoms with Gasteiger partial charge in [-0.25, -0.2) is 0 Å². The van der Waals surface area contributed by atoms with Crippen molar-refractivity contribution in [1.82, 2.24) is 4.90 Å². The third-order valence-electron chi connectivity index (χ3n) is 3.65. The van der Waals surface area contributed by atoms with Gasteiger partial charge in [0.25, 0.3) is 0 Å². The Balaban J connectivity index is 2.28. The molecule has 0 radical (unpaired) electrons. The lowest BCUT2D eigenvalue weighted by Gasteiger charge is -2.41. The van der Waals surface area contributed by atoms with Crippen molar-refractivity contribution >= 4 is 5.97 Å². The first-order valence-electron chi connectivity index (χ1n) is 6.66. The van der Waals surface area contributed by atoms with E-state index in [1.165, 1.54) is 0 Å². The molecule has 5 nitrogen and oxygen atoms in total. The van der Waals surface area contributed by atoms with Gasteiger partial charge < -0.3 is 14.6 Å². The van der Waals surface area contributed by atoms with Gasteiger partial charge in [-0.05, 0) is 39.2 Å². The summed E-state index contributed by atoms with van der Waals surface area (Å²) in [5.41, 5.74) is -0.690. The predicted octanol–water partition coefficient (Wildman–Crippen LogP) is 1.37. The molecule has 0 aromatic carbocycles. The zero-order chi connectivity index (χ0) is 13.4. The van der Waals surface area contributed by atoms with Gasteiger partial charge in [0.05, 0.1) is 13.2 Å². The summed E-state index contributed by atoms with van der Waals surface area (Å²) in [7, 11) is 1.65. The maximum absolute atomic E-state index is 11.4. The van der Waals surface area contributed by atoms with Crippen molar-refractivity contribution < 1.29 is 19.4 Å². The molecule has 0 aliphatic carbocycles. The van der Waals surface area contributed by atoms with E-state index in [0.717, 1.165) is 38.8 Å². The van der Waals surface area contributed by atoms with Gasteiger partial charge in [0, 0.05) is 20.3 Å². The molecule has 0 bridgehead atoms. The van der Waals surface area contributed by atoms with Crippen LogP contribution >= 0.6 is 0 Å². The highest BCUT2D eigenvalue weighted by Gasteiger charge is 2.40. The Morgan fingerprint density at radius 3 is 2.78 bits per heavy atom. The van der Waals surface area contributed by atoms with Gasteiger partial charge in [-0.2, -0.15) is 0 Å². The smallest absolute Gasteiger partial charge is 0.323 e. The molecule has 1 rings (SSSR count). The van der Waals surface area contributed by atoms with Gasteiger partial charge in [-0.1, -0.05) is 0 Å². The van der Waals surface area contributed by atoms with Crippen LogP contribution in [0.4, 0.5) is 0 Å². The van der Waals surface area contributed by atoms with E-state index in [2.05, 4.69) is 4.90 Å². The average Bonchev–Trinajstić information content (AvgIpc) is 2.35. The van der Waals surface area contributed by atoms with Gasteiger partial charge in [0.15, 0.2) is 0 Å². The number of aliphatic carboxylic acids is 1. The number of hydrogen-bond donors (Lipinski definition) is 1. The van der Waals surface area contributed by atoms with Crippen molar-refractivity contribution in [2.75, 3.05) is 40.0 Å².